The Hall–Kier alpha value is -0.750. The van der Waals surface area contributed by atoms with E-state index in [-0.39, 0.29) is 0 Å². The Bertz CT molecular complexity index is 317. The van der Waals surface area contributed by atoms with Crippen LogP contribution in [-0.4, -0.2) is 40.8 Å². The first-order valence-corrected chi connectivity index (χ1v) is 6.23. The Kier molecular flexibility index (Phi) is 3.48. The summed E-state index contributed by atoms with van der Waals surface area (Å²) in [7, 11) is 0. The Labute approximate surface area is 93.4 Å². The fraction of sp³-hybridized carbons (Fsp3) is 0.778. The lowest BCUT2D eigenvalue weighted by atomic mass is 10.4. The third-order valence-electron chi connectivity index (χ3n) is 2.33. The maximum Gasteiger partial charge on any atom is 0.318 e. The number of rotatable bonds is 3. The van der Waals surface area contributed by atoms with Crippen LogP contribution in [0.1, 0.15) is 12.8 Å². The summed E-state index contributed by atoms with van der Waals surface area (Å²) >= 11 is 1.98. The van der Waals surface area contributed by atoms with Gasteiger partial charge in [-0.25, -0.2) is 0 Å². The molecule has 2 N–H and O–H groups in total. The van der Waals surface area contributed by atoms with E-state index in [1.54, 1.807) is 0 Å². The van der Waals surface area contributed by atoms with Crippen LogP contribution < -0.4 is 10.6 Å². The van der Waals surface area contributed by atoms with Crippen LogP contribution in [0.25, 0.3) is 0 Å². The Balaban J connectivity index is 2.01. The van der Waals surface area contributed by atoms with Gasteiger partial charge in [-0.05, 0) is 0 Å². The third-order valence-corrected chi connectivity index (χ3v) is 3.46. The Morgan fingerprint density at radius 2 is 2.47 bits per heavy atom. The zero-order chi connectivity index (χ0) is 10.7. The molecule has 0 spiro atoms. The van der Waals surface area contributed by atoms with Gasteiger partial charge in [-0.2, -0.15) is 11.8 Å². The van der Waals surface area contributed by atoms with Gasteiger partial charge < -0.3 is 15.1 Å². The van der Waals surface area contributed by atoms with Gasteiger partial charge >= 0.3 is 6.01 Å². The van der Waals surface area contributed by atoms with Gasteiger partial charge in [0, 0.05) is 37.1 Å². The largest absolute Gasteiger partial charge is 0.408 e. The number of hydrogen-bond acceptors (Lipinski definition) is 6. The van der Waals surface area contributed by atoms with Crippen molar-refractivity contribution in [1.82, 2.24) is 10.2 Å². The molecule has 1 aromatic rings. The van der Waals surface area contributed by atoms with Crippen LogP contribution in [0, 0.1) is 0 Å². The summed E-state index contributed by atoms with van der Waals surface area (Å²) in [6.07, 6.45) is 0.658. The molecular weight excluding hydrogens is 212 g/mol. The first kappa shape index (κ1) is 10.8. The highest BCUT2D eigenvalue weighted by atomic mass is 32.2. The van der Waals surface area contributed by atoms with Crippen LogP contribution in [0.5, 0.6) is 0 Å². The number of aromatic nitrogens is 2. The summed E-state index contributed by atoms with van der Waals surface area (Å²) in [6, 6.07) is 0.644. The van der Waals surface area contributed by atoms with E-state index >= 15 is 0 Å². The molecule has 2 heterocycles. The third kappa shape index (κ3) is 2.63. The zero-order valence-corrected chi connectivity index (χ0v) is 9.66. The molecule has 0 bridgehead atoms. The molecule has 1 aromatic heterocycles. The van der Waals surface area contributed by atoms with Crippen molar-refractivity contribution in [2.45, 2.75) is 18.6 Å². The van der Waals surface area contributed by atoms with Gasteiger partial charge in [-0.15, -0.1) is 5.10 Å². The molecule has 0 radical (unpaired) electrons. The fourth-order valence-electron chi connectivity index (χ4n) is 1.59. The highest BCUT2D eigenvalue weighted by molar-refractivity contribution is 8.00. The number of anilines is 1. The number of thioether (sulfide) groups is 1. The van der Waals surface area contributed by atoms with Gasteiger partial charge in [-0.3, -0.25) is 0 Å². The standard InChI is InChI=1S/C9H16N4OS/c1-7-6-13(4-5-15-7)9-12-11-8(14-9)2-3-10/h7H,2-6,10H2,1H3. The van der Waals surface area contributed by atoms with Crippen LogP contribution in [0.2, 0.25) is 0 Å². The summed E-state index contributed by atoms with van der Waals surface area (Å²) in [5.41, 5.74) is 5.43. The fourth-order valence-corrected chi connectivity index (χ4v) is 2.60. The summed E-state index contributed by atoms with van der Waals surface area (Å²) in [5, 5.41) is 8.63. The minimum absolute atomic E-state index is 0.549. The minimum Gasteiger partial charge on any atom is -0.408 e. The molecule has 0 aliphatic carbocycles. The SMILES string of the molecule is CC1CN(c2nnc(CCN)o2)CCS1. The van der Waals surface area contributed by atoms with Crippen molar-refractivity contribution >= 4 is 17.8 Å². The molecule has 0 amide bonds. The average molecular weight is 228 g/mol. The van der Waals surface area contributed by atoms with Gasteiger partial charge in [-0.1, -0.05) is 12.0 Å². The van der Waals surface area contributed by atoms with Crippen molar-refractivity contribution in [3.8, 4) is 0 Å². The molecule has 1 unspecified atom stereocenters. The molecule has 5 nitrogen and oxygen atoms in total. The summed E-state index contributed by atoms with van der Waals surface area (Å²) < 4.78 is 5.53. The predicted molar refractivity (Wildman–Crippen MR) is 61.2 cm³/mol. The predicted octanol–water partition coefficient (Wildman–Crippen LogP) is 0.513. The van der Waals surface area contributed by atoms with E-state index in [4.69, 9.17) is 10.2 Å². The lowest BCUT2D eigenvalue weighted by molar-refractivity contribution is 0.484. The van der Waals surface area contributed by atoms with Crippen LogP contribution in [0.15, 0.2) is 4.42 Å². The smallest absolute Gasteiger partial charge is 0.318 e. The molecule has 0 aromatic carbocycles. The van der Waals surface area contributed by atoms with E-state index in [0.29, 0.717) is 30.1 Å². The second kappa shape index (κ2) is 4.85. The zero-order valence-electron chi connectivity index (χ0n) is 8.85. The van der Waals surface area contributed by atoms with Gasteiger partial charge in [0.15, 0.2) is 0 Å². The highest BCUT2D eigenvalue weighted by Crippen LogP contribution is 2.22. The number of nitrogens with zero attached hydrogens (tertiary/aromatic N) is 3. The lowest BCUT2D eigenvalue weighted by Gasteiger charge is -2.28. The van der Waals surface area contributed by atoms with E-state index in [1.165, 1.54) is 0 Å². The maximum absolute atomic E-state index is 5.53. The second-order valence-electron chi connectivity index (χ2n) is 3.64. The van der Waals surface area contributed by atoms with Crippen molar-refractivity contribution in [3.05, 3.63) is 5.89 Å². The molecule has 1 atom stereocenters. The minimum atomic E-state index is 0.549. The van der Waals surface area contributed by atoms with Crippen molar-refractivity contribution in [2.24, 2.45) is 5.73 Å². The average Bonchev–Trinajstić information content (AvgIpc) is 2.67. The van der Waals surface area contributed by atoms with Crippen LogP contribution >= 0.6 is 11.8 Å². The topological polar surface area (TPSA) is 68.2 Å². The van der Waals surface area contributed by atoms with Gasteiger partial charge in [0.1, 0.15) is 0 Å². The molecule has 2 rings (SSSR count). The van der Waals surface area contributed by atoms with E-state index < -0.39 is 0 Å². The van der Waals surface area contributed by atoms with Crippen molar-refractivity contribution in [2.75, 3.05) is 30.3 Å². The Morgan fingerprint density at radius 3 is 3.20 bits per heavy atom. The molecule has 1 aliphatic heterocycles. The molecule has 1 saturated heterocycles. The number of nitrogens with two attached hydrogens (primary N) is 1. The van der Waals surface area contributed by atoms with Crippen LogP contribution in [0.3, 0.4) is 0 Å². The molecular formula is C9H16N4OS. The van der Waals surface area contributed by atoms with E-state index in [2.05, 4.69) is 22.0 Å². The van der Waals surface area contributed by atoms with Crippen molar-refractivity contribution in [3.63, 3.8) is 0 Å². The molecule has 0 saturated carbocycles. The molecule has 6 heteroatoms. The van der Waals surface area contributed by atoms with E-state index in [9.17, 15) is 0 Å². The van der Waals surface area contributed by atoms with Crippen LogP contribution in [0.4, 0.5) is 6.01 Å². The van der Waals surface area contributed by atoms with E-state index in [0.717, 1.165) is 18.8 Å². The molecule has 1 fully saturated rings. The normalized spacial score (nSPS) is 22.0. The highest BCUT2D eigenvalue weighted by Gasteiger charge is 2.21. The Morgan fingerprint density at radius 1 is 1.60 bits per heavy atom. The second-order valence-corrected chi connectivity index (χ2v) is 5.19. The summed E-state index contributed by atoms with van der Waals surface area (Å²) in [6.45, 7) is 4.73. The van der Waals surface area contributed by atoms with Gasteiger partial charge in [0.25, 0.3) is 0 Å². The number of hydrogen-bond donors (Lipinski definition) is 1. The van der Waals surface area contributed by atoms with Gasteiger partial charge in [0.05, 0.1) is 0 Å². The summed E-state index contributed by atoms with van der Waals surface area (Å²) in [5.74, 6) is 1.76. The van der Waals surface area contributed by atoms with Crippen LogP contribution in [-0.2, 0) is 6.42 Å². The molecule has 1 aliphatic rings. The van der Waals surface area contributed by atoms with Crippen molar-refractivity contribution in [1.29, 1.82) is 0 Å². The molecule has 15 heavy (non-hydrogen) atoms. The summed E-state index contributed by atoms with van der Waals surface area (Å²) in [4.78, 5) is 2.15. The van der Waals surface area contributed by atoms with Crippen molar-refractivity contribution < 1.29 is 4.42 Å². The monoisotopic (exact) mass is 228 g/mol. The lowest BCUT2D eigenvalue weighted by Crippen LogP contribution is -2.36. The maximum atomic E-state index is 5.53. The first-order valence-electron chi connectivity index (χ1n) is 5.18. The van der Waals surface area contributed by atoms with E-state index in [1.807, 2.05) is 11.8 Å². The molecule has 84 valence electrons. The first-order chi connectivity index (χ1) is 7.29. The quantitative estimate of drug-likeness (QED) is 0.813. The van der Waals surface area contributed by atoms with Gasteiger partial charge in [0.2, 0.25) is 5.89 Å².